The Kier molecular flexibility index (Phi) is 4.19. The van der Waals surface area contributed by atoms with E-state index in [-0.39, 0.29) is 0 Å². The van der Waals surface area contributed by atoms with Gasteiger partial charge < -0.3 is 15.2 Å². The molecule has 1 fully saturated rings. The maximum atomic E-state index is 9.15. The number of phenolic OH excluding ortho intramolecular Hbond substituents is 1. The molecule has 1 aromatic carbocycles. The van der Waals surface area contributed by atoms with Crippen molar-refractivity contribution in [1.29, 1.82) is 0 Å². The molecular weight excluding hydrogens is 202 g/mol. The average Bonchev–Trinajstić information content (AvgIpc) is 2.33. The zero-order valence-electron chi connectivity index (χ0n) is 9.48. The minimum atomic E-state index is 0.319. The number of benzene rings is 1. The van der Waals surface area contributed by atoms with E-state index in [9.17, 15) is 0 Å². The molecule has 1 heterocycles. The zero-order valence-corrected chi connectivity index (χ0v) is 9.48. The lowest BCUT2D eigenvalue weighted by Crippen LogP contribution is -2.31. The fourth-order valence-electron chi connectivity index (χ4n) is 1.96. The molecule has 0 aliphatic carbocycles. The Morgan fingerprint density at radius 1 is 1.25 bits per heavy atom. The normalized spacial score (nSPS) is 20.9. The second-order valence-corrected chi connectivity index (χ2v) is 4.29. The highest BCUT2D eigenvalue weighted by Gasteiger charge is 2.12. The highest BCUT2D eigenvalue weighted by atomic mass is 16.5. The van der Waals surface area contributed by atoms with Gasteiger partial charge in [-0.25, -0.2) is 0 Å². The molecule has 1 aliphatic rings. The summed E-state index contributed by atoms with van der Waals surface area (Å²) < 4.78 is 5.63. The molecule has 0 spiro atoms. The Labute approximate surface area is 96.4 Å². The molecule has 3 heteroatoms. The summed E-state index contributed by atoms with van der Waals surface area (Å²) in [6, 6.07) is 7.30. The lowest BCUT2D eigenvalue weighted by Gasteiger charge is -2.22. The SMILES string of the molecule is Oc1ccc(CNCC2CCCCO2)cc1. The van der Waals surface area contributed by atoms with Crippen LogP contribution in [0.25, 0.3) is 0 Å². The Morgan fingerprint density at radius 3 is 2.75 bits per heavy atom. The van der Waals surface area contributed by atoms with Crippen molar-refractivity contribution >= 4 is 0 Å². The topological polar surface area (TPSA) is 41.5 Å². The standard InChI is InChI=1S/C13H19NO2/c15-12-6-4-11(5-7-12)9-14-10-13-3-1-2-8-16-13/h4-7,13-15H,1-3,8-10H2. The van der Waals surface area contributed by atoms with Gasteiger partial charge in [0.2, 0.25) is 0 Å². The van der Waals surface area contributed by atoms with E-state index in [1.54, 1.807) is 12.1 Å². The molecule has 0 aromatic heterocycles. The van der Waals surface area contributed by atoms with E-state index in [1.807, 2.05) is 12.1 Å². The second kappa shape index (κ2) is 5.87. The van der Waals surface area contributed by atoms with Crippen molar-refractivity contribution in [2.45, 2.75) is 31.9 Å². The molecule has 1 atom stereocenters. The van der Waals surface area contributed by atoms with Crippen LogP contribution in [0.1, 0.15) is 24.8 Å². The molecule has 16 heavy (non-hydrogen) atoms. The average molecular weight is 221 g/mol. The minimum absolute atomic E-state index is 0.319. The van der Waals surface area contributed by atoms with E-state index in [0.29, 0.717) is 11.9 Å². The second-order valence-electron chi connectivity index (χ2n) is 4.29. The highest BCUT2D eigenvalue weighted by Crippen LogP contribution is 2.12. The first-order chi connectivity index (χ1) is 7.84. The van der Waals surface area contributed by atoms with Gasteiger partial charge in [0.25, 0.3) is 0 Å². The molecule has 1 aliphatic heterocycles. The number of phenols is 1. The third kappa shape index (κ3) is 3.51. The Morgan fingerprint density at radius 2 is 2.06 bits per heavy atom. The number of aromatic hydroxyl groups is 1. The van der Waals surface area contributed by atoms with Crippen molar-refractivity contribution in [2.24, 2.45) is 0 Å². The molecular formula is C13H19NO2. The van der Waals surface area contributed by atoms with Crippen LogP contribution in [0.5, 0.6) is 5.75 Å². The number of rotatable bonds is 4. The molecule has 88 valence electrons. The monoisotopic (exact) mass is 221 g/mol. The van der Waals surface area contributed by atoms with E-state index >= 15 is 0 Å². The fourth-order valence-corrected chi connectivity index (χ4v) is 1.96. The smallest absolute Gasteiger partial charge is 0.115 e. The third-order valence-electron chi connectivity index (χ3n) is 2.91. The van der Waals surface area contributed by atoms with Crippen LogP contribution in [-0.2, 0) is 11.3 Å². The van der Waals surface area contributed by atoms with Crippen molar-refractivity contribution in [3.8, 4) is 5.75 Å². The zero-order chi connectivity index (χ0) is 11.2. The van der Waals surface area contributed by atoms with Crippen molar-refractivity contribution < 1.29 is 9.84 Å². The largest absolute Gasteiger partial charge is 0.508 e. The summed E-state index contributed by atoms with van der Waals surface area (Å²) >= 11 is 0. The first kappa shape index (κ1) is 11.4. The molecule has 0 saturated carbocycles. The van der Waals surface area contributed by atoms with Crippen LogP contribution in [0.3, 0.4) is 0 Å². The van der Waals surface area contributed by atoms with E-state index in [2.05, 4.69) is 5.32 Å². The quantitative estimate of drug-likeness (QED) is 0.817. The van der Waals surface area contributed by atoms with Crippen LogP contribution >= 0.6 is 0 Å². The van der Waals surface area contributed by atoms with Crippen molar-refractivity contribution in [3.63, 3.8) is 0 Å². The van der Waals surface area contributed by atoms with Crippen molar-refractivity contribution in [2.75, 3.05) is 13.2 Å². The van der Waals surface area contributed by atoms with Gasteiger partial charge >= 0.3 is 0 Å². The van der Waals surface area contributed by atoms with E-state index in [1.165, 1.54) is 24.8 Å². The van der Waals surface area contributed by atoms with E-state index in [0.717, 1.165) is 19.7 Å². The maximum Gasteiger partial charge on any atom is 0.115 e. The summed E-state index contributed by atoms with van der Waals surface area (Å²) in [4.78, 5) is 0. The first-order valence-electron chi connectivity index (χ1n) is 5.95. The van der Waals surface area contributed by atoms with Crippen LogP contribution in [0.15, 0.2) is 24.3 Å². The molecule has 1 unspecified atom stereocenters. The Hall–Kier alpha value is -1.06. The maximum absolute atomic E-state index is 9.15. The van der Waals surface area contributed by atoms with Crippen molar-refractivity contribution in [1.82, 2.24) is 5.32 Å². The van der Waals surface area contributed by atoms with E-state index in [4.69, 9.17) is 9.84 Å². The van der Waals surface area contributed by atoms with Gasteiger partial charge in [-0.3, -0.25) is 0 Å². The molecule has 0 bridgehead atoms. The van der Waals surface area contributed by atoms with Gasteiger partial charge in [-0.2, -0.15) is 0 Å². The highest BCUT2D eigenvalue weighted by molar-refractivity contribution is 5.25. The summed E-state index contributed by atoms with van der Waals surface area (Å²) in [5.74, 6) is 0.319. The molecule has 0 amide bonds. The summed E-state index contributed by atoms with van der Waals surface area (Å²) in [7, 11) is 0. The molecule has 2 rings (SSSR count). The van der Waals surface area contributed by atoms with E-state index < -0.39 is 0 Å². The van der Waals surface area contributed by atoms with Gasteiger partial charge in [0.05, 0.1) is 6.10 Å². The fraction of sp³-hybridized carbons (Fsp3) is 0.538. The number of ether oxygens (including phenoxy) is 1. The lowest BCUT2D eigenvalue weighted by atomic mass is 10.1. The molecule has 0 radical (unpaired) electrons. The summed E-state index contributed by atoms with van der Waals surface area (Å²) in [5, 5.41) is 12.5. The summed E-state index contributed by atoms with van der Waals surface area (Å²) in [6.07, 6.45) is 4.04. The lowest BCUT2D eigenvalue weighted by molar-refractivity contribution is 0.0168. The van der Waals surface area contributed by atoms with Crippen LogP contribution < -0.4 is 5.32 Å². The van der Waals surface area contributed by atoms with Crippen molar-refractivity contribution in [3.05, 3.63) is 29.8 Å². The third-order valence-corrected chi connectivity index (χ3v) is 2.91. The number of hydrogen-bond acceptors (Lipinski definition) is 3. The van der Waals surface area contributed by atoms with Gasteiger partial charge in [-0.1, -0.05) is 12.1 Å². The Balaban J connectivity index is 1.69. The van der Waals surface area contributed by atoms with Crippen LogP contribution in [0.2, 0.25) is 0 Å². The Bertz CT molecular complexity index is 304. The minimum Gasteiger partial charge on any atom is -0.508 e. The summed E-state index contributed by atoms with van der Waals surface area (Å²) in [5.41, 5.74) is 1.19. The van der Waals surface area contributed by atoms with Crippen LogP contribution in [0.4, 0.5) is 0 Å². The van der Waals surface area contributed by atoms with Crippen LogP contribution in [0, 0.1) is 0 Å². The van der Waals surface area contributed by atoms with Gasteiger partial charge in [0.15, 0.2) is 0 Å². The predicted molar refractivity (Wildman–Crippen MR) is 63.4 cm³/mol. The molecule has 2 N–H and O–H groups in total. The van der Waals surface area contributed by atoms with Crippen LogP contribution in [-0.4, -0.2) is 24.4 Å². The molecule has 1 saturated heterocycles. The first-order valence-corrected chi connectivity index (χ1v) is 5.95. The number of hydrogen-bond donors (Lipinski definition) is 2. The van der Waals surface area contributed by atoms with Gasteiger partial charge in [0, 0.05) is 19.7 Å². The molecule has 3 nitrogen and oxygen atoms in total. The predicted octanol–water partition coefficient (Wildman–Crippen LogP) is 2.05. The number of nitrogens with one attached hydrogen (secondary N) is 1. The van der Waals surface area contributed by atoms with Gasteiger partial charge in [0.1, 0.15) is 5.75 Å². The van der Waals surface area contributed by atoms with Gasteiger partial charge in [-0.15, -0.1) is 0 Å². The summed E-state index contributed by atoms with van der Waals surface area (Å²) in [6.45, 7) is 2.66. The molecule has 1 aromatic rings. The van der Waals surface area contributed by atoms with Gasteiger partial charge in [-0.05, 0) is 37.0 Å².